The molecule has 4 aromatic rings. The number of rotatable bonds is 6. The van der Waals surface area contributed by atoms with Gasteiger partial charge in [-0.25, -0.2) is 14.8 Å². The van der Waals surface area contributed by atoms with E-state index in [4.69, 9.17) is 26.8 Å². The monoisotopic (exact) mass is 687 g/mol. The fourth-order valence-corrected chi connectivity index (χ4v) is 5.67. The summed E-state index contributed by atoms with van der Waals surface area (Å²) in [6.45, 7) is 2.57. The summed E-state index contributed by atoms with van der Waals surface area (Å²) in [6, 6.07) is 6.54. The number of benzene rings is 1. The van der Waals surface area contributed by atoms with E-state index in [0.29, 0.717) is 37.4 Å². The van der Waals surface area contributed by atoms with E-state index in [1.807, 2.05) is 0 Å². The fraction of sp³-hybridized carbons (Fsp3) is 0.345. The Morgan fingerprint density at radius 3 is 2.56 bits per heavy atom. The lowest BCUT2D eigenvalue weighted by Crippen LogP contribution is -2.54. The number of aromatic nitrogens is 5. The highest BCUT2D eigenvalue weighted by atomic mass is 35.5. The van der Waals surface area contributed by atoms with Crippen LogP contribution in [0, 0.1) is 11.3 Å². The van der Waals surface area contributed by atoms with Crippen LogP contribution < -0.4 is 16.0 Å². The quantitative estimate of drug-likeness (QED) is 0.220. The van der Waals surface area contributed by atoms with Crippen LogP contribution in [0.15, 0.2) is 43.0 Å². The zero-order valence-electron chi connectivity index (χ0n) is 25.1. The van der Waals surface area contributed by atoms with Crippen LogP contribution in [0.4, 0.5) is 29.5 Å². The molecule has 2 aliphatic rings. The Hall–Kier alpha value is -5.41. The largest absolute Gasteiger partial charge is 0.483 e. The molecule has 15 nitrogen and oxygen atoms in total. The summed E-state index contributed by atoms with van der Waals surface area (Å²) >= 11 is 6.53. The van der Waals surface area contributed by atoms with Gasteiger partial charge >= 0.3 is 12.2 Å². The molecular formula is C29H29ClF3N11O4. The molecule has 1 atom stereocenters. The van der Waals surface area contributed by atoms with E-state index in [2.05, 4.69) is 31.0 Å². The number of nitrogens with zero attached hydrogens (tertiary/aromatic N) is 8. The molecule has 3 aromatic heterocycles. The Kier molecular flexibility index (Phi) is 10.3. The van der Waals surface area contributed by atoms with Crippen LogP contribution in [0.1, 0.15) is 22.5 Å². The predicted octanol–water partition coefficient (Wildman–Crippen LogP) is 3.06. The van der Waals surface area contributed by atoms with Crippen molar-refractivity contribution in [2.45, 2.75) is 25.2 Å². The third-order valence-corrected chi connectivity index (χ3v) is 7.98. The molecule has 0 bridgehead atoms. The van der Waals surface area contributed by atoms with Crippen LogP contribution in [-0.4, -0.2) is 103 Å². The molecule has 0 unspecified atom stereocenters. The molecule has 252 valence electrons. The summed E-state index contributed by atoms with van der Waals surface area (Å²) < 4.78 is 43.6. The Balaban J connectivity index is 0.00000145. The van der Waals surface area contributed by atoms with Gasteiger partial charge in [-0.15, -0.1) is 0 Å². The standard InChI is InChI=1S/C28H27ClF3N11O2.CH2O2/c29-21-13-17(1-2-19(21)26(44)40-9-11-41(12-10-40)27(45)38-18-3-5-34-14-18)37-24-25-36-15-22(43(25)8-6-35-24)20-16-42(7-4-33)39-23(20)28(30,31)32;2-1-3/h1-2,6,8,13,15-16,18,34H,3,5,7,9-12,14H2,(H,35,37)(H,38,45);1H,(H,2,3)/t18-;/m1./s1. The molecule has 2 fully saturated rings. The Morgan fingerprint density at radius 2 is 1.92 bits per heavy atom. The Bertz CT molecular complexity index is 1840. The maximum absolute atomic E-state index is 13.8. The number of amides is 3. The van der Waals surface area contributed by atoms with Crippen molar-refractivity contribution in [2.75, 3.05) is 44.6 Å². The maximum atomic E-state index is 13.8. The molecule has 4 N–H and O–H groups in total. The van der Waals surface area contributed by atoms with E-state index in [-0.39, 0.29) is 58.7 Å². The molecule has 48 heavy (non-hydrogen) atoms. The van der Waals surface area contributed by atoms with Crippen molar-refractivity contribution in [3.8, 4) is 17.3 Å². The first kappa shape index (κ1) is 33.9. The number of halogens is 4. The smallest absolute Gasteiger partial charge is 0.435 e. The van der Waals surface area contributed by atoms with Crippen LogP contribution >= 0.6 is 11.6 Å². The number of anilines is 2. The number of carbonyl (C=O) groups is 3. The summed E-state index contributed by atoms with van der Waals surface area (Å²) in [5.41, 5.74) is -0.261. The van der Waals surface area contributed by atoms with Crippen molar-refractivity contribution < 1.29 is 32.7 Å². The van der Waals surface area contributed by atoms with Gasteiger partial charge in [0.1, 0.15) is 6.54 Å². The van der Waals surface area contributed by atoms with Gasteiger partial charge in [0.25, 0.3) is 12.4 Å². The molecular weight excluding hydrogens is 659 g/mol. The van der Waals surface area contributed by atoms with Crippen molar-refractivity contribution in [3.63, 3.8) is 0 Å². The molecule has 2 aliphatic heterocycles. The first-order valence-corrected chi connectivity index (χ1v) is 15.0. The number of hydrogen-bond donors (Lipinski definition) is 4. The summed E-state index contributed by atoms with van der Waals surface area (Å²) in [7, 11) is 0. The van der Waals surface area contributed by atoms with E-state index in [9.17, 15) is 22.8 Å². The first-order valence-electron chi connectivity index (χ1n) is 14.6. The number of carbonyl (C=O) groups excluding carboxylic acids is 2. The molecule has 2 saturated heterocycles. The van der Waals surface area contributed by atoms with Gasteiger partial charge in [-0.2, -0.15) is 23.5 Å². The van der Waals surface area contributed by atoms with Gasteiger partial charge in [0.05, 0.1) is 34.1 Å². The second-order valence-electron chi connectivity index (χ2n) is 10.7. The molecule has 0 radical (unpaired) electrons. The van der Waals surface area contributed by atoms with E-state index in [1.165, 1.54) is 23.0 Å². The molecule has 5 heterocycles. The number of piperazine rings is 1. The Morgan fingerprint density at radius 1 is 1.19 bits per heavy atom. The lowest BCUT2D eigenvalue weighted by atomic mass is 10.1. The zero-order chi connectivity index (χ0) is 34.4. The topological polar surface area (TPSA) is 186 Å². The maximum Gasteiger partial charge on any atom is 0.435 e. The fourth-order valence-electron chi connectivity index (χ4n) is 5.41. The van der Waals surface area contributed by atoms with Gasteiger partial charge in [-0.1, -0.05) is 11.6 Å². The predicted molar refractivity (Wildman–Crippen MR) is 166 cm³/mol. The molecule has 0 aliphatic carbocycles. The molecule has 1 aromatic carbocycles. The van der Waals surface area contributed by atoms with Crippen LogP contribution in [0.3, 0.4) is 0 Å². The third kappa shape index (κ3) is 7.42. The molecule has 6 rings (SSSR count). The van der Waals surface area contributed by atoms with Gasteiger partial charge in [0.2, 0.25) is 0 Å². The summed E-state index contributed by atoms with van der Waals surface area (Å²) in [6.07, 6.45) is 1.43. The normalized spacial score (nSPS) is 16.2. The summed E-state index contributed by atoms with van der Waals surface area (Å²) in [5.74, 6) is -0.0261. The van der Waals surface area contributed by atoms with Gasteiger partial charge < -0.3 is 30.9 Å². The third-order valence-electron chi connectivity index (χ3n) is 7.67. The molecule has 3 amide bonds. The van der Waals surface area contributed by atoms with E-state index in [0.717, 1.165) is 30.4 Å². The number of hydrogen-bond acceptors (Lipinski definition) is 9. The van der Waals surface area contributed by atoms with Crippen LogP contribution in [0.5, 0.6) is 0 Å². The number of carboxylic acid groups (broad SMARTS) is 1. The highest BCUT2D eigenvalue weighted by molar-refractivity contribution is 6.34. The second-order valence-corrected chi connectivity index (χ2v) is 11.1. The van der Waals surface area contributed by atoms with Crippen molar-refractivity contribution in [3.05, 3.63) is 59.3 Å². The van der Waals surface area contributed by atoms with Gasteiger partial charge in [0.15, 0.2) is 17.2 Å². The van der Waals surface area contributed by atoms with E-state index in [1.54, 1.807) is 34.1 Å². The number of urea groups is 1. The van der Waals surface area contributed by atoms with Crippen molar-refractivity contribution in [1.82, 2.24) is 44.6 Å². The van der Waals surface area contributed by atoms with Crippen molar-refractivity contribution in [1.29, 1.82) is 5.26 Å². The van der Waals surface area contributed by atoms with Crippen LogP contribution in [0.2, 0.25) is 5.02 Å². The average Bonchev–Trinajstić information content (AvgIpc) is 3.82. The van der Waals surface area contributed by atoms with Crippen molar-refractivity contribution in [2.24, 2.45) is 0 Å². The van der Waals surface area contributed by atoms with Crippen molar-refractivity contribution >= 4 is 47.2 Å². The van der Waals surface area contributed by atoms with E-state index >= 15 is 0 Å². The average molecular weight is 688 g/mol. The first-order chi connectivity index (χ1) is 23.0. The number of fused-ring (bicyclic) bond motifs is 1. The van der Waals surface area contributed by atoms with Crippen LogP contribution in [-0.2, 0) is 17.5 Å². The highest BCUT2D eigenvalue weighted by Gasteiger charge is 2.38. The minimum Gasteiger partial charge on any atom is -0.483 e. The second kappa shape index (κ2) is 14.6. The zero-order valence-corrected chi connectivity index (χ0v) is 25.9. The molecule has 0 spiro atoms. The number of imidazole rings is 1. The lowest BCUT2D eigenvalue weighted by molar-refractivity contribution is -0.141. The lowest BCUT2D eigenvalue weighted by Gasteiger charge is -2.35. The minimum atomic E-state index is -4.75. The number of alkyl halides is 3. The van der Waals surface area contributed by atoms with Crippen LogP contribution in [0.25, 0.3) is 16.9 Å². The van der Waals surface area contributed by atoms with Gasteiger partial charge in [-0.05, 0) is 31.2 Å². The SMILES string of the molecule is N#CCn1cc(-c2cnc3c(Nc4ccc(C(=O)N5CCN(C(=O)N[C@@H]6CCNC6)CC5)c(Cl)c4)nccn23)c(C(F)(F)F)n1.O=CO. The molecule has 19 heteroatoms. The highest BCUT2D eigenvalue weighted by Crippen LogP contribution is 2.37. The summed E-state index contributed by atoms with van der Waals surface area (Å²) in [4.78, 5) is 46.1. The Labute approximate surface area is 275 Å². The molecule has 0 saturated carbocycles. The van der Waals surface area contributed by atoms with Gasteiger partial charge in [-0.3, -0.25) is 18.7 Å². The number of nitriles is 1. The number of nitrogens with one attached hydrogen (secondary N) is 3. The van der Waals surface area contributed by atoms with E-state index < -0.39 is 11.9 Å². The minimum absolute atomic E-state index is 0.110. The van der Waals surface area contributed by atoms with Gasteiger partial charge in [0, 0.05) is 63.0 Å². The summed E-state index contributed by atoms with van der Waals surface area (Å²) in [5, 5.41) is 28.9.